The van der Waals surface area contributed by atoms with Gasteiger partial charge in [-0.15, -0.1) is 0 Å². The van der Waals surface area contributed by atoms with Crippen molar-refractivity contribution in [3.8, 4) is 0 Å². The van der Waals surface area contributed by atoms with Crippen LogP contribution >= 0.6 is 0 Å². The molecule has 7 nitrogen and oxygen atoms in total. The van der Waals surface area contributed by atoms with Crippen LogP contribution in [-0.2, 0) is 14.8 Å². The summed E-state index contributed by atoms with van der Waals surface area (Å²) in [6.45, 7) is 2.85. The van der Waals surface area contributed by atoms with Gasteiger partial charge in [0.15, 0.2) is 0 Å². The molecule has 8 heteroatoms. The number of amides is 1. The summed E-state index contributed by atoms with van der Waals surface area (Å²) < 4.78 is 26.3. The summed E-state index contributed by atoms with van der Waals surface area (Å²) in [6, 6.07) is 5.70. The Balaban J connectivity index is 2.18. The fourth-order valence-corrected chi connectivity index (χ4v) is 4.23. The van der Waals surface area contributed by atoms with Crippen LogP contribution in [0.15, 0.2) is 29.2 Å². The smallest absolute Gasteiger partial charge is 0.323 e. The molecule has 0 atom stereocenters. The number of rotatable bonds is 7. The molecule has 0 aromatic heterocycles. The van der Waals surface area contributed by atoms with E-state index in [0.29, 0.717) is 26.1 Å². The molecule has 1 aliphatic rings. The van der Waals surface area contributed by atoms with Crippen LogP contribution in [0.3, 0.4) is 0 Å². The third-order valence-electron chi connectivity index (χ3n) is 3.91. The SMILES string of the molecule is CCCN(CC(=O)O)C(=O)c1ccc(S(=O)(=O)N2CCCC2)cc1. The first-order valence-corrected chi connectivity index (χ1v) is 9.41. The van der Waals surface area contributed by atoms with E-state index < -0.39 is 21.9 Å². The quantitative estimate of drug-likeness (QED) is 0.799. The Morgan fingerprint density at radius 3 is 2.25 bits per heavy atom. The Morgan fingerprint density at radius 1 is 1.17 bits per heavy atom. The van der Waals surface area contributed by atoms with Crippen LogP contribution in [0.5, 0.6) is 0 Å². The largest absolute Gasteiger partial charge is 0.480 e. The fraction of sp³-hybridized carbons (Fsp3) is 0.500. The van der Waals surface area contributed by atoms with Crippen LogP contribution < -0.4 is 0 Å². The zero-order valence-corrected chi connectivity index (χ0v) is 14.5. The van der Waals surface area contributed by atoms with E-state index in [-0.39, 0.29) is 17.0 Å². The van der Waals surface area contributed by atoms with Gasteiger partial charge in [0.2, 0.25) is 10.0 Å². The van der Waals surface area contributed by atoms with E-state index in [9.17, 15) is 18.0 Å². The van der Waals surface area contributed by atoms with Gasteiger partial charge in [0, 0.05) is 25.2 Å². The van der Waals surface area contributed by atoms with Crippen molar-refractivity contribution in [2.45, 2.75) is 31.1 Å². The van der Waals surface area contributed by atoms with Crippen molar-refractivity contribution in [1.82, 2.24) is 9.21 Å². The first-order valence-electron chi connectivity index (χ1n) is 7.97. The predicted molar refractivity (Wildman–Crippen MR) is 88.3 cm³/mol. The van der Waals surface area contributed by atoms with E-state index in [1.165, 1.54) is 33.5 Å². The fourth-order valence-electron chi connectivity index (χ4n) is 2.72. The number of carbonyl (C=O) groups is 2. The number of aliphatic carboxylic acids is 1. The van der Waals surface area contributed by atoms with Crippen LogP contribution in [0, 0.1) is 0 Å². The highest BCUT2D eigenvalue weighted by Crippen LogP contribution is 2.21. The molecule has 1 fully saturated rings. The third-order valence-corrected chi connectivity index (χ3v) is 5.82. The second-order valence-corrected chi connectivity index (χ2v) is 7.69. The zero-order chi connectivity index (χ0) is 17.7. The highest BCUT2D eigenvalue weighted by Gasteiger charge is 2.27. The molecule has 132 valence electrons. The first kappa shape index (κ1) is 18.4. The summed E-state index contributed by atoms with van der Waals surface area (Å²) in [5.41, 5.74) is 0.282. The monoisotopic (exact) mass is 354 g/mol. The van der Waals surface area contributed by atoms with Gasteiger partial charge in [0.1, 0.15) is 6.54 Å². The number of nitrogens with zero attached hydrogens (tertiary/aromatic N) is 2. The van der Waals surface area contributed by atoms with Gasteiger partial charge in [-0.3, -0.25) is 9.59 Å². The maximum Gasteiger partial charge on any atom is 0.323 e. The van der Waals surface area contributed by atoms with E-state index in [1.54, 1.807) is 0 Å². The van der Waals surface area contributed by atoms with Crippen molar-refractivity contribution in [3.05, 3.63) is 29.8 Å². The van der Waals surface area contributed by atoms with Gasteiger partial charge in [0.25, 0.3) is 5.91 Å². The van der Waals surface area contributed by atoms with Crippen molar-refractivity contribution in [2.75, 3.05) is 26.2 Å². The second kappa shape index (κ2) is 7.76. The lowest BCUT2D eigenvalue weighted by molar-refractivity contribution is -0.137. The van der Waals surface area contributed by atoms with Crippen molar-refractivity contribution in [3.63, 3.8) is 0 Å². The standard InChI is InChI=1S/C16H22N2O5S/c1-2-9-17(12-15(19)20)16(21)13-5-7-14(8-6-13)24(22,23)18-10-3-4-11-18/h5-8H,2-4,9-12H2,1H3,(H,19,20). The molecule has 0 spiro atoms. The van der Waals surface area contributed by atoms with Gasteiger partial charge in [-0.1, -0.05) is 6.92 Å². The van der Waals surface area contributed by atoms with Gasteiger partial charge >= 0.3 is 5.97 Å². The average molecular weight is 354 g/mol. The van der Waals surface area contributed by atoms with Gasteiger partial charge in [-0.2, -0.15) is 4.31 Å². The van der Waals surface area contributed by atoms with E-state index in [0.717, 1.165) is 12.8 Å². The third kappa shape index (κ3) is 4.12. The number of carboxylic acids is 1. The van der Waals surface area contributed by atoms with Crippen molar-refractivity contribution in [2.24, 2.45) is 0 Å². The van der Waals surface area contributed by atoms with Crippen LogP contribution in [0.1, 0.15) is 36.5 Å². The molecule has 1 N–H and O–H groups in total. The molecule has 1 aromatic carbocycles. The molecule has 24 heavy (non-hydrogen) atoms. The molecule has 1 heterocycles. The molecule has 0 aliphatic carbocycles. The Hall–Kier alpha value is -1.93. The highest BCUT2D eigenvalue weighted by atomic mass is 32.2. The van der Waals surface area contributed by atoms with Gasteiger partial charge in [-0.05, 0) is 43.5 Å². The number of carboxylic acid groups (broad SMARTS) is 1. The van der Waals surface area contributed by atoms with Crippen LogP contribution in [0.25, 0.3) is 0 Å². The van der Waals surface area contributed by atoms with Gasteiger partial charge in [-0.25, -0.2) is 8.42 Å². The van der Waals surface area contributed by atoms with E-state index in [2.05, 4.69) is 0 Å². The number of hydrogen-bond donors (Lipinski definition) is 1. The van der Waals surface area contributed by atoms with E-state index >= 15 is 0 Å². The van der Waals surface area contributed by atoms with Crippen LogP contribution in [0.4, 0.5) is 0 Å². The molecule has 1 amide bonds. The topological polar surface area (TPSA) is 95.0 Å². The lowest BCUT2D eigenvalue weighted by Gasteiger charge is -2.20. The Kier molecular flexibility index (Phi) is 5.95. The molecule has 1 saturated heterocycles. The maximum absolute atomic E-state index is 12.5. The predicted octanol–water partition coefficient (Wildman–Crippen LogP) is 1.41. The Bertz CT molecular complexity index is 694. The molecular weight excluding hydrogens is 332 g/mol. The lowest BCUT2D eigenvalue weighted by atomic mass is 10.2. The highest BCUT2D eigenvalue weighted by molar-refractivity contribution is 7.89. The van der Waals surface area contributed by atoms with Crippen LogP contribution in [0.2, 0.25) is 0 Å². The minimum atomic E-state index is -3.52. The molecule has 1 aliphatic heterocycles. The molecule has 0 saturated carbocycles. The molecule has 0 bridgehead atoms. The number of carbonyl (C=O) groups excluding carboxylic acids is 1. The van der Waals surface area contributed by atoms with Gasteiger partial charge in [0.05, 0.1) is 4.90 Å². The number of hydrogen-bond acceptors (Lipinski definition) is 4. The molecule has 0 unspecified atom stereocenters. The Labute approximate surface area is 141 Å². The summed E-state index contributed by atoms with van der Waals surface area (Å²) >= 11 is 0. The molecule has 1 aromatic rings. The van der Waals surface area contributed by atoms with Crippen LogP contribution in [-0.4, -0.2) is 60.8 Å². The lowest BCUT2D eigenvalue weighted by Crippen LogP contribution is -2.36. The summed E-state index contributed by atoms with van der Waals surface area (Å²) in [5, 5.41) is 8.90. The summed E-state index contributed by atoms with van der Waals surface area (Å²) in [4.78, 5) is 24.7. The number of benzene rings is 1. The van der Waals surface area contributed by atoms with Crippen molar-refractivity contribution >= 4 is 21.9 Å². The van der Waals surface area contributed by atoms with E-state index in [4.69, 9.17) is 5.11 Å². The maximum atomic E-state index is 12.5. The Morgan fingerprint density at radius 2 is 1.75 bits per heavy atom. The molecule has 0 radical (unpaired) electrons. The molecular formula is C16H22N2O5S. The minimum Gasteiger partial charge on any atom is -0.480 e. The number of sulfonamides is 1. The zero-order valence-electron chi connectivity index (χ0n) is 13.6. The van der Waals surface area contributed by atoms with E-state index in [1.807, 2.05) is 6.92 Å². The second-order valence-electron chi connectivity index (χ2n) is 5.76. The van der Waals surface area contributed by atoms with Gasteiger partial charge < -0.3 is 10.0 Å². The normalized spacial score (nSPS) is 15.4. The summed E-state index contributed by atoms with van der Waals surface area (Å²) in [6.07, 6.45) is 2.36. The minimum absolute atomic E-state index is 0.154. The van der Waals surface area contributed by atoms with Crippen molar-refractivity contribution in [1.29, 1.82) is 0 Å². The average Bonchev–Trinajstić information content (AvgIpc) is 3.09. The molecule has 2 rings (SSSR count). The van der Waals surface area contributed by atoms with Crippen molar-refractivity contribution < 1.29 is 23.1 Å². The first-order chi connectivity index (χ1) is 11.4. The summed E-state index contributed by atoms with van der Waals surface area (Å²) in [5.74, 6) is -1.49. The summed E-state index contributed by atoms with van der Waals surface area (Å²) in [7, 11) is -3.52.